The van der Waals surface area contributed by atoms with Crippen LogP contribution in [0.1, 0.15) is 51.9 Å². The van der Waals surface area contributed by atoms with Crippen molar-refractivity contribution in [3.8, 4) is 0 Å². The van der Waals surface area contributed by atoms with Crippen molar-refractivity contribution in [1.82, 2.24) is 4.90 Å². The fraction of sp³-hybridized carbons (Fsp3) is 0.750. The second-order valence-corrected chi connectivity index (χ2v) is 6.35. The van der Waals surface area contributed by atoms with E-state index in [1.54, 1.807) is 4.90 Å². The first-order valence-electron chi connectivity index (χ1n) is 7.83. The van der Waals surface area contributed by atoms with Crippen LogP contribution in [0.4, 0.5) is 4.79 Å². The maximum atomic E-state index is 12.4. The van der Waals surface area contributed by atoms with Crippen molar-refractivity contribution in [3.05, 3.63) is 11.6 Å². The van der Waals surface area contributed by atoms with Gasteiger partial charge in [0, 0.05) is 19.5 Å². The summed E-state index contributed by atoms with van der Waals surface area (Å²) in [6.45, 7) is 3.66. The van der Waals surface area contributed by atoms with E-state index in [2.05, 4.69) is 13.0 Å². The number of piperidine rings is 1. The molecule has 0 aromatic carbocycles. The molecule has 1 heterocycles. The van der Waals surface area contributed by atoms with Crippen molar-refractivity contribution < 1.29 is 9.59 Å². The minimum atomic E-state index is -0.338. The Balaban J connectivity index is 1.80. The summed E-state index contributed by atoms with van der Waals surface area (Å²) in [7, 11) is 0. The van der Waals surface area contributed by atoms with E-state index in [4.69, 9.17) is 5.73 Å². The Labute approximate surface area is 121 Å². The Morgan fingerprint density at radius 3 is 2.60 bits per heavy atom. The predicted octanol–water partition coefficient (Wildman–Crippen LogP) is 2.87. The summed E-state index contributed by atoms with van der Waals surface area (Å²) in [5.74, 6) is 1.48. The summed E-state index contributed by atoms with van der Waals surface area (Å²) in [5, 5.41) is 0. The smallest absolute Gasteiger partial charge is 0.314 e. The zero-order chi connectivity index (χ0) is 14.5. The van der Waals surface area contributed by atoms with Crippen molar-refractivity contribution in [2.75, 3.05) is 13.1 Å². The minimum absolute atomic E-state index is 0.330. The van der Waals surface area contributed by atoms with Gasteiger partial charge >= 0.3 is 6.03 Å². The van der Waals surface area contributed by atoms with E-state index in [0.29, 0.717) is 31.2 Å². The van der Waals surface area contributed by atoms with Gasteiger partial charge in [0.05, 0.1) is 0 Å². The van der Waals surface area contributed by atoms with Crippen LogP contribution < -0.4 is 5.73 Å². The number of primary amides is 1. The number of rotatable bonds is 3. The maximum absolute atomic E-state index is 12.4. The lowest BCUT2D eigenvalue weighted by atomic mass is 9.88. The van der Waals surface area contributed by atoms with E-state index in [1.807, 2.05) is 0 Å². The number of urea groups is 1. The van der Waals surface area contributed by atoms with Crippen molar-refractivity contribution in [1.29, 1.82) is 0 Å². The van der Waals surface area contributed by atoms with E-state index >= 15 is 0 Å². The molecule has 2 rings (SSSR count). The molecule has 112 valence electrons. The first-order chi connectivity index (χ1) is 9.56. The van der Waals surface area contributed by atoms with Crippen molar-refractivity contribution in [3.63, 3.8) is 0 Å². The summed E-state index contributed by atoms with van der Waals surface area (Å²) < 4.78 is 0. The second kappa shape index (κ2) is 6.91. The molecule has 1 fully saturated rings. The van der Waals surface area contributed by atoms with Gasteiger partial charge in [-0.2, -0.15) is 0 Å². The average molecular weight is 278 g/mol. The molecular formula is C16H26N2O2. The van der Waals surface area contributed by atoms with Crippen molar-refractivity contribution in [2.24, 2.45) is 17.6 Å². The largest absolute Gasteiger partial charge is 0.351 e. The van der Waals surface area contributed by atoms with E-state index in [-0.39, 0.29) is 6.03 Å². The summed E-state index contributed by atoms with van der Waals surface area (Å²) >= 11 is 0. The van der Waals surface area contributed by atoms with Crippen molar-refractivity contribution in [2.45, 2.75) is 51.9 Å². The molecule has 0 radical (unpaired) electrons. The van der Waals surface area contributed by atoms with Crippen LogP contribution in [0, 0.1) is 11.8 Å². The topological polar surface area (TPSA) is 63.4 Å². The number of amides is 2. The van der Waals surface area contributed by atoms with Gasteiger partial charge in [0.1, 0.15) is 0 Å². The standard InChI is InChI=1S/C16H26N2O2/c1-12-3-2-4-14(6-5-12)15(19)11-13-7-9-18(10-8-13)16(17)20/h4,12-13H,2-3,5-11H2,1H3,(H2,17,20). The molecule has 0 aromatic heterocycles. The highest BCUT2D eigenvalue weighted by Crippen LogP contribution is 2.27. The molecule has 1 saturated heterocycles. The van der Waals surface area contributed by atoms with Crippen LogP contribution in [-0.4, -0.2) is 29.8 Å². The number of nitrogens with two attached hydrogens (primary N) is 1. The third kappa shape index (κ3) is 4.09. The number of carbonyl (C=O) groups excluding carboxylic acids is 2. The lowest BCUT2D eigenvalue weighted by Gasteiger charge is -2.30. The first-order valence-corrected chi connectivity index (χ1v) is 7.83. The van der Waals surface area contributed by atoms with E-state index in [0.717, 1.165) is 43.6 Å². The van der Waals surface area contributed by atoms with Gasteiger partial charge in [-0.3, -0.25) is 4.79 Å². The molecule has 0 saturated carbocycles. The van der Waals surface area contributed by atoms with Crippen LogP contribution in [0.5, 0.6) is 0 Å². The van der Waals surface area contributed by atoms with Gasteiger partial charge in [-0.1, -0.05) is 13.0 Å². The van der Waals surface area contributed by atoms with E-state index in [1.165, 1.54) is 6.42 Å². The summed E-state index contributed by atoms with van der Waals surface area (Å²) in [6.07, 6.45) is 8.93. The summed E-state index contributed by atoms with van der Waals surface area (Å²) in [4.78, 5) is 25.1. The number of likely N-dealkylation sites (tertiary alicyclic amines) is 1. The Hall–Kier alpha value is -1.32. The Morgan fingerprint density at radius 1 is 1.25 bits per heavy atom. The first kappa shape index (κ1) is 15.1. The quantitative estimate of drug-likeness (QED) is 0.862. The fourth-order valence-corrected chi connectivity index (χ4v) is 3.19. The molecule has 2 N–H and O–H groups in total. The molecule has 1 aliphatic heterocycles. The lowest BCUT2D eigenvalue weighted by molar-refractivity contribution is -0.116. The normalized spacial score (nSPS) is 24.9. The number of Topliss-reactive ketones (excluding diaryl/α,β-unsaturated/α-hetero) is 1. The molecule has 0 spiro atoms. The van der Waals surface area contributed by atoms with Crippen LogP contribution in [0.25, 0.3) is 0 Å². The minimum Gasteiger partial charge on any atom is -0.351 e. The molecule has 2 aliphatic rings. The number of allylic oxidation sites excluding steroid dienone is 2. The molecule has 0 bridgehead atoms. The zero-order valence-electron chi connectivity index (χ0n) is 12.4. The second-order valence-electron chi connectivity index (χ2n) is 6.35. The van der Waals surface area contributed by atoms with E-state index in [9.17, 15) is 9.59 Å². The predicted molar refractivity (Wildman–Crippen MR) is 79.2 cm³/mol. The molecule has 20 heavy (non-hydrogen) atoms. The molecule has 4 heteroatoms. The third-order valence-corrected chi connectivity index (χ3v) is 4.72. The monoisotopic (exact) mass is 278 g/mol. The molecule has 0 aromatic rings. The molecule has 1 atom stereocenters. The fourth-order valence-electron chi connectivity index (χ4n) is 3.19. The third-order valence-electron chi connectivity index (χ3n) is 4.72. The number of hydrogen-bond acceptors (Lipinski definition) is 2. The van der Waals surface area contributed by atoms with Gasteiger partial charge < -0.3 is 10.6 Å². The number of carbonyl (C=O) groups is 2. The van der Waals surface area contributed by atoms with Crippen LogP contribution >= 0.6 is 0 Å². The Kier molecular flexibility index (Phi) is 5.21. The van der Waals surface area contributed by atoms with Crippen LogP contribution in [0.15, 0.2) is 11.6 Å². The lowest BCUT2D eigenvalue weighted by Crippen LogP contribution is -2.41. The van der Waals surface area contributed by atoms with Crippen LogP contribution in [-0.2, 0) is 4.79 Å². The molecular weight excluding hydrogens is 252 g/mol. The highest BCUT2D eigenvalue weighted by molar-refractivity contribution is 5.95. The van der Waals surface area contributed by atoms with Gasteiger partial charge in [0.15, 0.2) is 5.78 Å². The molecule has 2 amide bonds. The molecule has 1 unspecified atom stereocenters. The summed E-state index contributed by atoms with van der Waals surface area (Å²) in [6, 6.07) is -0.338. The Bertz CT molecular complexity index is 395. The number of hydrogen-bond donors (Lipinski definition) is 1. The maximum Gasteiger partial charge on any atom is 0.314 e. The van der Waals surface area contributed by atoms with E-state index < -0.39 is 0 Å². The SMILES string of the molecule is CC1CCC=C(C(=O)CC2CCN(C(N)=O)CC2)CC1. The van der Waals surface area contributed by atoms with Crippen molar-refractivity contribution >= 4 is 11.8 Å². The molecule has 4 nitrogen and oxygen atoms in total. The van der Waals surface area contributed by atoms with Gasteiger partial charge in [0.25, 0.3) is 0 Å². The van der Waals surface area contributed by atoms with Crippen LogP contribution in [0.2, 0.25) is 0 Å². The van der Waals surface area contributed by atoms with Gasteiger partial charge in [-0.25, -0.2) is 4.79 Å². The summed E-state index contributed by atoms with van der Waals surface area (Å²) in [5.41, 5.74) is 6.32. The number of ketones is 1. The Morgan fingerprint density at radius 2 is 1.95 bits per heavy atom. The van der Waals surface area contributed by atoms with Gasteiger partial charge in [0.2, 0.25) is 0 Å². The number of nitrogens with zero attached hydrogens (tertiary/aromatic N) is 1. The zero-order valence-corrected chi connectivity index (χ0v) is 12.4. The average Bonchev–Trinajstić information content (AvgIpc) is 2.64. The van der Waals surface area contributed by atoms with Gasteiger partial charge in [-0.05, 0) is 55.9 Å². The molecule has 1 aliphatic carbocycles. The highest BCUT2D eigenvalue weighted by atomic mass is 16.2. The van der Waals surface area contributed by atoms with Crippen LogP contribution in [0.3, 0.4) is 0 Å². The van der Waals surface area contributed by atoms with Gasteiger partial charge in [-0.15, -0.1) is 0 Å². The highest BCUT2D eigenvalue weighted by Gasteiger charge is 2.24.